The lowest BCUT2D eigenvalue weighted by molar-refractivity contribution is -0.155. The van der Waals surface area contributed by atoms with Gasteiger partial charge in [-0.1, -0.05) is 72.8 Å². The topological polar surface area (TPSA) is 105 Å². The van der Waals surface area contributed by atoms with Gasteiger partial charge in [0.1, 0.15) is 22.4 Å². The van der Waals surface area contributed by atoms with Gasteiger partial charge in [-0.05, 0) is 141 Å². The van der Waals surface area contributed by atoms with Gasteiger partial charge in [0.2, 0.25) is 0 Å². The monoisotopic (exact) mass is 774 g/mol. The van der Waals surface area contributed by atoms with Crippen molar-refractivity contribution in [3.63, 3.8) is 0 Å². The summed E-state index contributed by atoms with van der Waals surface area (Å²) in [7, 11) is 0. The maximum absolute atomic E-state index is 14.3. The van der Waals surface area contributed by atoms with Crippen LogP contribution < -0.4 is 0 Å². The second-order valence-electron chi connectivity index (χ2n) is 18.9. The third-order valence-corrected chi connectivity index (χ3v) is 9.57. The van der Waals surface area contributed by atoms with Gasteiger partial charge in [0.25, 0.3) is 0 Å². The number of carbonyl (C=O) groups is 4. The van der Waals surface area contributed by atoms with Crippen molar-refractivity contribution in [3.8, 4) is 11.1 Å². The molecule has 0 aromatic heterocycles. The molecule has 57 heavy (non-hydrogen) atoms. The first kappa shape index (κ1) is 42.9. The summed E-state index contributed by atoms with van der Waals surface area (Å²) in [5.74, 6) is -3.33. The molecule has 2 unspecified atom stereocenters. The molecule has 0 N–H and O–H groups in total. The Labute approximate surface area is 338 Å². The van der Waals surface area contributed by atoms with Crippen LogP contribution in [0.1, 0.15) is 151 Å². The molecule has 8 nitrogen and oxygen atoms in total. The number of rotatable bonds is 10. The van der Waals surface area contributed by atoms with E-state index < -0.39 is 63.5 Å². The molecule has 0 saturated heterocycles. The molecule has 4 aromatic carbocycles. The second-order valence-corrected chi connectivity index (χ2v) is 18.9. The van der Waals surface area contributed by atoms with E-state index in [0.717, 1.165) is 22.3 Å². The Morgan fingerprint density at radius 1 is 0.456 bits per heavy atom. The van der Waals surface area contributed by atoms with E-state index in [-0.39, 0.29) is 12.8 Å². The van der Waals surface area contributed by atoms with Gasteiger partial charge in [-0.2, -0.15) is 0 Å². The molecule has 4 aromatic rings. The second kappa shape index (κ2) is 16.0. The maximum atomic E-state index is 14.3. The fourth-order valence-electron chi connectivity index (χ4n) is 7.86. The highest BCUT2D eigenvalue weighted by Gasteiger charge is 2.56. The number of ether oxygens (including phenoxy) is 4. The predicted molar refractivity (Wildman–Crippen MR) is 222 cm³/mol. The number of hydrogen-bond acceptors (Lipinski definition) is 8. The first-order valence-electron chi connectivity index (χ1n) is 19.7. The molecule has 0 fully saturated rings. The van der Waals surface area contributed by atoms with E-state index in [4.69, 9.17) is 18.9 Å². The van der Waals surface area contributed by atoms with Crippen molar-refractivity contribution in [2.45, 2.75) is 136 Å². The van der Waals surface area contributed by atoms with Gasteiger partial charge in [-0.15, -0.1) is 0 Å². The van der Waals surface area contributed by atoms with E-state index >= 15 is 0 Å². The highest BCUT2D eigenvalue weighted by atomic mass is 16.6. The first-order valence-corrected chi connectivity index (χ1v) is 19.7. The van der Waals surface area contributed by atoms with Crippen LogP contribution in [0.5, 0.6) is 0 Å². The molecule has 5 rings (SSSR count). The van der Waals surface area contributed by atoms with Gasteiger partial charge in [0.05, 0.1) is 24.0 Å². The largest absolute Gasteiger partial charge is 0.460 e. The zero-order valence-corrected chi connectivity index (χ0v) is 35.6. The first-order chi connectivity index (χ1) is 26.4. The predicted octanol–water partition coefficient (Wildman–Crippen LogP) is 10.9. The third kappa shape index (κ3) is 10.2. The van der Waals surface area contributed by atoms with Crippen molar-refractivity contribution in [2.24, 2.45) is 0 Å². The summed E-state index contributed by atoms with van der Waals surface area (Å²) in [6.45, 7) is 21.9. The fourth-order valence-corrected chi connectivity index (χ4v) is 7.86. The van der Waals surface area contributed by atoms with Crippen molar-refractivity contribution in [3.05, 3.63) is 130 Å². The average Bonchev–Trinajstić information content (AvgIpc) is 3.36. The van der Waals surface area contributed by atoms with Crippen molar-refractivity contribution in [1.29, 1.82) is 0 Å². The molecule has 0 saturated carbocycles. The molecule has 0 amide bonds. The van der Waals surface area contributed by atoms with E-state index in [2.05, 4.69) is 0 Å². The van der Waals surface area contributed by atoms with Crippen LogP contribution >= 0.6 is 0 Å². The molecule has 0 radical (unpaired) electrons. The minimum Gasteiger partial charge on any atom is -0.460 e. The molecule has 0 heterocycles. The Morgan fingerprint density at radius 2 is 0.772 bits per heavy atom. The minimum atomic E-state index is -1.29. The molecular formula is C49H58O8. The number of hydrogen-bond donors (Lipinski definition) is 0. The van der Waals surface area contributed by atoms with Crippen LogP contribution in [0.15, 0.2) is 97.1 Å². The highest BCUT2D eigenvalue weighted by molar-refractivity contribution is 5.96. The molecule has 0 spiro atoms. The quantitative estimate of drug-likeness (QED) is 0.116. The summed E-state index contributed by atoms with van der Waals surface area (Å²) < 4.78 is 23.9. The van der Waals surface area contributed by atoms with E-state index in [0.29, 0.717) is 22.3 Å². The molecule has 1 aliphatic carbocycles. The number of carbonyl (C=O) groups excluding carboxylic acids is 4. The summed E-state index contributed by atoms with van der Waals surface area (Å²) in [6, 6.07) is 30.3. The molecular weight excluding hydrogens is 717 g/mol. The lowest BCUT2D eigenvalue weighted by Crippen LogP contribution is -2.43. The summed E-state index contributed by atoms with van der Waals surface area (Å²) in [5.41, 5.74) is 0.798. The number of fused-ring (bicyclic) bond motifs is 3. The molecule has 0 aliphatic heterocycles. The Bertz CT molecular complexity index is 1950. The maximum Gasteiger partial charge on any atom is 0.338 e. The Balaban J connectivity index is 1.98. The standard InChI is InChI=1S/C49H58O8/c1-45(2,3)54-41(50)29-37(31-19-15-13-16-20-31)49(38(32-21-17-14-18-22-32)30-42(51)55-46(4,5)6)39-27-33(43(52)56-47(7,8)9)23-25-35(39)36-26-24-34(28-40(36)49)44(53)57-48(10,11)12/h13-28,37-38H,29-30H2,1-12H3. The smallest absolute Gasteiger partial charge is 0.338 e. The summed E-state index contributed by atoms with van der Waals surface area (Å²) in [5, 5.41) is 0. The summed E-state index contributed by atoms with van der Waals surface area (Å²) in [4.78, 5) is 56.5. The molecule has 1 aliphatic rings. The summed E-state index contributed by atoms with van der Waals surface area (Å²) >= 11 is 0. The van der Waals surface area contributed by atoms with Gasteiger partial charge < -0.3 is 18.9 Å². The van der Waals surface area contributed by atoms with Crippen LogP contribution in [-0.4, -0.2) is 46.3 Å². The van der Waals surface area contributed by atoms with Crippen molar-refractivity contribution >= 4 is 23.9 Å². The lowest BCUT2D eigenvalue weighted by Gasteiger charge is -2.46. The van der Waals surface area contributed by atoms with Crippen LogP contribution in [0, 0.1) is 0 Å². The molecule has 0 bridgehead atoms. The normalized spacial score (nSPS) is 14.7. The molecule has 302 valence electrons. The Hall–Kier alpha value is -5.24. The van der Waals surface area contributed by atoms with Gasteiger partial charge >= 0.3 is 23.9 Å². The van der Waals surface area contributed by atoms with E-state index in [1.54, 1.807) is 12.1 Å². The van der Waals surface area contributed by atoms with Crippen molar-refractivity contribution in [2.75, 3.05) is 0 Å². The van der Waals surface area contributed by atoms with Crippen molar-refractivity contribution in [1.82, 2.24) is 0 Å². The number of benzene rings is 4. The van der Waals surface area contributed by atoms with Crippen LogP contribution in [0.25, 0.3) is 11.1 Å². The van der Waals surface area contributed by atoms with E-state index in [1.165, 1.54) is 0 Å². The van der Waals surface area contributed by atoms with Crippen molar-refractivity contribution < 1.29 is 38.1 Å². The molecule has 2 atom stereocenters. The number of esters is 4. The minimum absolute atomic E-state index is 0.106. The van der Waals surface area contributed by atoms with Gasteiger partial charge in [-0.3, -0.25) is 9.59 Å². The third-order valence-electron chi connectivity index (χ3n) is 9.57. The molecule has 8 heteroatoms. The fraction of sp³-hybridized carbons (Fsp3) is 0.429. The van der Waals surface area contributed by atoms with Crippen LogP contribution in [0.3, 0.4) is 0 Å². The zero-order chi connectivity index (χ0) is 42.1. The zero-order valence-electron chi connectivity index (χ0n) is 35.6. The van der Waals surface area contributed by atoms with Gasteiger partial charge in [0.15, 0.2) is 0 Å². The van der Waals surface area contributed by atoms with E-state index in [9.17, 15) is 19.2 Å². The van der Waals surface area contributed by atoms with Gasteiger partial charge in [0, 0.05) is 17.3 Å². The average molecular weight is 775 g/mol. The highest BCUT2D eigenvalue weighted by Crippen LogP contribution is 2.64. The lowest BCUT2D eigenvalue weighted by atomic mass is 9.55. The Kier molecular flexibility index (Phi) is 12.0. The Morgan fingerprint density at radius 3 is 1.07 bits per heavy atom. The van der Waals surface area contributed by atoms with Crippen LogP contribution in [0.4, 0.5) is 0 Å². The summed E-state index contributed by atoms with van der Waals surface area (Å²) in [6.07, 6.45) is -0.212. The van der Waals surface area contributed by atoms with Crippen LogP contribution in [-0.2, 0) is 34.0 Å². The van der Waals surface area contributed by atoms with Gasteiger partial charge in [-0.25, -0.2) is 9.59 Å². The SMILES string of the molecule is CC(C)(C)OC(=O)CC(c1ccccc1)C1(C(CC(=O)OC(C)(C)C)c2ccccc2)c2cc(C(=O)OC(C)(C)C)ccc2-c2ccc(C(=O)OC(C)(C)C)cc21. The van der Waals surface area contributed by atoms with Crippen LogP contribution in [0.2, 0.25) is 0 Å². The van der Waals surface area contributed by atoms with E-state index in [1.807, 2.05) is 168 Å².